The zero-order valence-electron chi connectivity index (χ0n) is 13.6. The van der Waals surface area contributed by atoms with E-state index in [0.29, 0.717) is 22.8 Å². The molecule has 0 aliphatic heterocycles. The first-order valence-corrected chi connectivity index (χ1v) is 7.06. The lowest BCUT2D eigenvalue weighted by atomic mass is 10.2. The first-order valence-electron chi connectivity index (χ1n) is 7.06. The van der Waals surface area contributed by atoms with Gasteiger partial charge in [-0.25, -0.2) is 9.18 Å². The van der Waals surface area contributed by atoms with Crippen molar-refractivity contribution >= 4 is 11.8 Å². The minimum Gasteiger partial charge on any atom is -0.493 e. The summed E-state index contributed by atoms with van der Waals surface area (Å²) in [4.78, 5) is 11.8. The minimum absolute atomic E-state index is 0.0446. The average Bonchev–Trinajstić information content (AvgIpc) is 2.60. The second-order valence-corrected chi connectivity index (χ2v) is 4.71. The van der Waals surface area contributed by atoms with Crippen LogP contribution in [0.15, 0.2) is 36.4 Å². The Labute approximate surface area is 139 Å². The molecule has 0 saturated carbocycles. The number of amides is 1. The number of hydrogen-bond donors (Lipinski definition) is 1. The molecule has 128 valence electrons. The third-order valence-corrected chi connectivity index (χ3v) is 3.21. The predicted octanol–water partition coefficient (Wildman–Crippen LogP) is 3.60. The minimum atomic E-state index is -0.770. The lowest BCUT2D eigenvalue weighted by Crippen LogP contribution is -2.14. The van der Waals surface area contributed by atoms with Crippen molar-refractivity contribution in [2.24, 2.45) is 0 Å². The summed E-state index contributed by atoms with van der Waals surface area (Å²) in [5, 5.41) is 2.34. The van der Waals surface area contributed by atoms with E-state index in [4.69, 9.17) is 18.9 Å². The Morgan fingerprint density at radius 1 is 1.04 bits per heavy atom. The maximum Gasteiger partial charge on any atom is 0.412 e. The largest absolute Gasteiger partial charge is 0.493 e. The van der Waals surface area contributed by atoms with Crippen molar-refractivity contribution < 1.29 is 28.1 Å². The summed E-state index contributed by atoms with van der Waals surface area (Å²) in [6, 6.07) is 9.15. The predicted molar refractivity (Wildman–Crippen MR) is 86.3 cm³/mol. The van der Waals surface area contributed by atoms with Crippen LogP contribution in [0.25, 0.3) is 0 Å². The maximum atomic E-state index is 13.5. The summed E-state index contributed by atoms with van der Waals surface area (Å²) in [7, 11) is 4.48. The number of rotatable bonds is 6. The molecule has 0 unspecified atom stereocenters. The first kappa shape index (κ1) is 17.4. The number of carbonyl (C=O) groups excluding carboxylic acids is 1. The molecule has 0 fully saturated rings. The molecule has 2 aromatic rings. The molecule has 0 aliphatic rings. The van der Waals surface area contributed by atoms with E-state index in [0.717, 1.165) is 0 Å². The zero-order valence-corrected chi connectivity index (χ0v) is 13.6. The van der Waals surface area contributed by atoms with Crippen LogP contribution in [-0.4, -0.2) is 27.4 Å². The van der Waals surface area contributed by atoms with Crippen LogP contribution < -0.4 is 19.5 Å². The van der Waals surface area contributed by atoms with E-state index >= 15 is 0 Å². The molecule has 1 amide bonds. The molecule has 0 saturated heterocycles. The summed E-state index contributed by atoms with van der Waals surface area (Å²) < 4.78 is 34.2. The quantitative estimate of drug-likeness (QED) is 0.874. The first-order chi connectivity index (χ1) is 11.6. The number of benzene rings is 2. The summed E-state index contributed by atoms with van der Waals surface area (Å²) in [6.07, 6.45) is -0.770. The van der Waals surface area contributed by atoms with Crippen LogP contribution in [0.4, 0.5) is 14.9 Å². The number of methoxy groups -OCH3 is 3. The number of anilines is 1. The third kappa shape index (κ3) is 4.07. The average molecular weight is 335 g/mol. The Morgan fingerprint density at radius 3 is 2.21 bits per heavy atom. The van der Waals surface area contributed by atoms with Gasteiger partial charge in [-0.05, 0) is 29.8 Å². The van der Waals surface area contributed by atoms with Gasteiger partial charge in [0.15, 0.2) is 11.5 Å². The molecule has 0 radical (unpaired) electrons. The molecular weight excluding hydrogens is 317 g/mol. The van der Waals surface area contributed by atoms with E-state index in [9.17, 15) is 9.18 Å². The topological polar surface area (TPSA) is 66.0 Å². The summed E-state index contributed by atoms with van der Waals surface area (Å²) in [6.45, 7) is -0.0446. The highest BCUT2D eigenvalue weighted by Crippen LogP contribution is 2.38. The molecular formula is C17H18FNO5. The van der Waals surface area contributed by atoms with Crippen molar-refractivity contribution in [1.29, 1.82) is 0 Å². The van der Waals surface area contributed by atoms with E-state index in [2.05, 4.69) is 5.32 Å². The highest BCUT2D eigenvalue weighted by molar-refractivity contribution is 5.84. The van der Waals surface area contributed by atoms with Gasteiger partial charge >= 0.3 is 6.09 Å². The van der Waals surface area contributed by atoms with Gasteiger partial charge in [-0.2, -0.15) is 0 Å². The molecule has 0 bridgehead atoms. The monoisotopic (exact) mass is 335 g/mol. The van der Waals surface area contributed by atoms with Crippen molar-refractivity contribution in [3.05, 3.63) is 47.8 Å². The normalized spacial score (nSPS) is 10.0. The van der Waals surface area contributed by atoms with Gasteiger partial charge in [0, 0.05) is 0 Å². The van der Waals surface area contributed by atoms with E-state index in [-0.39, 0.29) is 12.3 Å². The van der Waals surface area contributed by atoms with Crippen molar-refractivity contribution in [1.82, 2.24) is 0 Å². The Kier molecular flexibility index (Phi) is 5.83. The second kappa shape index (κ2) is 8.05. The van der Waals surface area contributed by atoms with Crippen molar-refractivity contribution in [2.45, 2.75) is 6.61 Å². The fourth-order valence-electron chi connectivity index (χ4n) is 2.08. The van der Waals surface area contributed by atoms with Crippen LogP contribution >= 0.6 is 0 Å². The molecule has 0 atom stereocenters. The highest BCUT2D eigenvalue weighted by Gasteiger charge is 2.14. The van der Waals surface area contributed by atoms with Crippen LogP contribution in [0.3, 0.4) is 0 Å². The van der Waals surface area contributed by atoms with E-state index in [1.54, 1.807) is 18.2 Å². The molecule has 24 heavy (non-hydrogen) atoms. The zero-order chi connectivity index (χ0) is 17.5. The lowest BCUT2D eigenvalue weighted by Gasteiger charge is -2.14. The number of ether oxygens (including phenoxy) is 4. The summed E-state index contributed by atoms with van der Waals surface area (Å²) in [5.41, 5.74) is 0.681. The molecule has 0 aliphatic carbocycles. The number of halogens is 1. The summed E-state index contributed by atoms with van der Waals surface area (Å²) >= 11 is 0. The van der Waals surface area contributed by atoms with Crippen LogP contribution in [0, 0.1) is 5.82 Å². The number of nitrogens with one attached hydrogen (secondary N) is 1. The highest BCUT2D eigenvalue weighted by atomic mass is 19.1. The van der Waals surface area contributed by atoms with Crippen LogP contribution in [0.5, 0.6) is 17.2 Å². The lowest BCUT2D eigenvalue weighted by molar-refractivity contribution is 0.154. The van der Waals surface area contributed by atoms with Gasteiger partial charge in [0.05, 0.1) is 27.0 Å². The summed E-state index contributed by atoms with van der Waals surface area (Å²) in [5.74, 6) is 0.803. The fourth-order valence-corrected chi connectivity index (χ4v) is 2.08. The Morgan fingerprint density at radius 2 is 1.67 bits per heavy atom. The smallest absolute Gasteiger partial charge is 0.412 e. The van der Waals surface area contributed by atoms with Crippen molar-refractivity contribution in [2.75, 3.05) is 26.6 Å². The van der Waals surface area contributed by atoms with Gasteiger partial charge in [-0.3, -0.25) is 5.32 Å². The number of hydrogen-bond acceptors (Lipinski definition) is 5. The van der Waals surface area contributed by atoms with Gasteiger partial charge in [0.2, 0.25) is 5.75 Å². The van der Waals surface area contributed by atoms with E-state index < -0.39 is 11.9 Å². The Balaban J connectivity index is 2.06. The molecule has 2 aromatic carbocycles. The van der Waals surface area contributed by atoms with E-state index in [1.807, 2.05) is 0 Å². The van der Waals surface area contributed by atoms with Crippen molar-refractivity contribution in [3.8, 4) is 17.2 Å². The van der Waals surface area contributed by atoms with Crippen LogP contribution in [-0.2, 0) is 11.3 Å². The molecule has 0 spiro atoms. The maximum absolute atomic E-state index is 13.5. The Bertz CT molecular complexity index is 695. The molecule has 7 heteroatoms. The standard InChI is InChI=1S/C17H18FNO5/c1-21-14-8-11(9-15(22-2)16(14)23-3)10-24-17(20)19-13-7-5-4-6-12(13)18/h4-9H,10H2,1-3H3,(H,19,20). The molecule has 2 rings (SSSR count). The van der Waals surface area contributed by atoms with Crippen LogP contribution in [0.1, 0.15) is 5.56 Å². The van der Waals surface area contributed by atoms with Gasteiger partial charge in [0.1, 0.15) is 12.4 Å². The Hall–Kier alpha value is -2.96. The van der Waals surface area contributed by atoms with Gasteiger partial charge in [-0.15, -0.1) is 0 Å². The van der Waals surface area contributed by atoms with Crippen LogP contribution in [0.2, 0.25) is 0 Å². The van der Waals surface area contributed by atoms with Gasteiger partial charge in [-0.1, -0.05) is 12.1 Å². The third-order valence-electron chi connectivity index (χ3n) is 3.21. The molecule has 1 N–H and O–H groups in total. The molecule has 6 nitrogen and oxygen atoms in total. The van der Waals surface area contributed by atoms with Gasteiger partial charge < -0.3 is 18.9 Å². The fraction of sp³-hybridized carbons (Fsp3) is 0.235. The molecule has 0 aromatic heterocycles. The second-order valence-electron chi connectivity index (χ2n) is 4.71. The molecule has 0 heterocycles. The SMILES string of the molecule is COc1cc(COC(=O)Nc2ccccc2F)cc(OC)c1OC. The number of carbonyl (C=O) groups is 1. The van der Waals surface area contributed by atoms with Crippen molar-refractivity contribution in [3.63, 3.8) is 0 Å². The number of para-hydroxylation sites is 1. The van der Waals surface area contributed by atoms with E-state index in [1.165, 1.54) is 39.5 Å². The van der Waals surface area contributed by atoms with Gasteiger partial charge in [0.25, 0.3) is 0 Å².